The molecule has 0 saturated heterocycles. The third-order valence-corrected chi connectivity index (χ3v) is 6.14. The highest BCUT2D eigenvalue weighted by Gasteiger charge is 2.19. The van der Waals surface area contributed by atoms with Crippen LogP contribution in [0.3, 0.4) is 0 Å². The van der Waals surface area contributed by atoms with E-state index in [1.54, 1.807) is 0 Å². The molecule has 138 valence electrons. The van der Waals surface area contributed by atoms with Crippen molar-refractivity contribution < 1.29 is 0 Å². The van der Waals surface area contributed by atoms with Crippen molar-refractivity contribution in [1.82, 2.24) is 4.98 Å². The molecule has 1 aliphatic carbocycles. The molecule has 5 rings (SSSR count). The predicted octanol–water partition coefficient (Wildman–Crippen LogP) is 6.10. The third kappa shape index (κ3) is 2.58. The first kappa shape index (κ1) is 16.9. The molecule has 0 radical (unpaired) electrons. The molecule has 0 unspecified atom stereocenters. The molecule has 0 spiro atoms. The number of rotatable bonds is 0. The van der Waals surface area contributed by atoms with Gasteiger partial charge >= 0.3 is 0 Å². The first-order chi connectivity index (χ1) is 13.5. The van der Waals surface area contributed by atoms with Gasteiger partial charge in [0.25, 0.3) is 0 Å². The van der Waals surface area contributed by atoms with E-state index in [4.69, 9.17) is 9.98 Å². The van der Waals surface area contributed by atoms with Crippen LogP contribution in [0.5, 0.6) is 0 Å². The lowest BCUT2D eigenvalue weighted by atomic mass is 10.0. The van der Waals surface area contributed by atoms with Gasteiger partial charge < -0.3 is 4.98 Å². The summed E-state index contributed by atoms with van der Waals surface area (Å²) in [4.78, 5) is 13.4. The molecule has 1 N–H and O–H groups in total. The number of nitrogens with one attached hydrogen (secondary N) is 1. The number of aliphatic imine (C=N–C) groups is 2. The Morgan fingerprint density at radius 2 is 1.14 bits per heavy atom. The van der Waals surface area contributed by atoms with E-state index in [1.165, 1.54) is 28.0 Å². The lowest BCUT2D eigenvalue weighted by Crippen LogP contribution is -1.98. The van der Waals surface area contributed by atoms with Crippen LogP contribution in [0.2, 0.25) is 0 Å². The zero-order valence-electron chi connectivity index (χ0n) is 16.7. The van der Waals surface area contributed by atoms with Gasteiger partial charge in [-0.05, 0) is 98.4 Å². The lowest BCUT2D eigenvalue weighted by Gasteiger charge is -2.07. The molecule has 3 aliphatic heterocycles. The minimum absolute atomic E-state index is 0.950. The summed E-state index contributed by atoms with van der Waals surface area (Å²) >= 11 is 0. The fraction of sp³-hybridized carbons (Fsp3) is 0.200. The molecule has 8 bridgehead atoms. The van der Waals surface area contributed by atoms with E-state index < -0.39 is 0 Å². The second-order valence-corrected chi connectivity index (χ2v) is 7.78. The van der Waals surface area contributed by atoms with Crippen LogP contribution in [0, 0.1) is 0 Å². The highest BCUT2D eigenvalue weighted by atomic mass is 14.8. The van der Waals surface area contributed by atoms with Crippen LogP contribution in [0.15, 0.2) is 92.3 Å². The smallest absolute Gasteiger partial charge is 0.0688 e. The van der Waals surface area contributed by atoms with Gasteiger partial charge in [0.1, 0.15) is 0 Å². The molecule has 0 saturated carbocycles. The highest BCUT2D eigenvalue weighted by molar-refractivity contribution is 6.15. The number of H-pyrrole nitrogens is 1. The fourth-order valence-corrected chi connectivity index (χ4v) is 4.04. The van der Waals surface area contributed by atoms with E-state index in [2.05, 4.69) is 81.3 Å². The minimum atomic E-state index is 0.950. The summed E-state index contributed by atoms with van der Waals surface area (Å²) in [6, 6.07) is 4.33. The number of hydrogen-bond donors (Lipinski definition) is 1. The molecule has 3 heteroatoms. The van der Waals surface area contributed by atoms with E-state index in [0.29, 0.717) is 0 Å². The summed E-state index contributed by atoms with van der Waals surface area (Å²) in [5.41, 5.74) is 13.8. The lowest BCUT2D eigenvalue weighted by molar-refractivity contribution is 1.21. The van der Waals surface area contributed by atoms with Crippen LogP contribution < -0.4 is 0 Å². The number of hydrogen-bond acceptors (Lipinski definition) is 2. The average molecular weight is 365 g/mol. The number of aromatic nitrogens is 1. The SMILES string of the molecule is CC1=C2C=CC(=C(C)c3ccc([nH]3)C(C)=C3C=CC(=N3)C(C)=C3C=CC1=N3)C2. The van der Waals surface area contributed by atoms with Gasteiger partial charge in [-0.15, -0.1) is 0 Å². The average Bonchev–Trinajstić information content (AvgIpc) is 3.49. The quantitative estimate of drug-likeness (QED) is 0.577. The molecule has 4 heterocycles. The van der Waals surface area contributed by atoms with E-state index in [1.807, 2.05) is 0 Å². The summed E-state index contributed by atoms with van der Waals surface area (Å²) in [5.74, 6) is 0. The topological polar surface area (TPSA) is 40.5 Å². The van der Waals surface area contributed by atoms with Crippen molar-refractivity contribution in [3.05, 3.63) is 93.7 Å². The van der Waals surface area contributed by atoms with Gasteiger partial charge in [-0.3, -0.25) is 0 Å². The van der Waals surface area contributed by atoms with E-state index in [0.717, 1.165) is 46.1 Å². The van der Waals surface area contributed by atoms with Gasteiger partial charge in [-0.1, -0.05) is 12.2 Å². The maximum atomic E-state index is 4.90. The number of allylic oxidation sites excluding steroid dienone is 12. The molecule has 0 fully saturated rings. The van der Waals surface area contributed by atoms with Crippen LogP contribution in [0.1, 0.15) is 45.5 Å². The van der Waals surface area contributed by atoms with Crippen molar-refractivity contribution in [2.45, 2.75) is 34.1 Å². The van der Waals surface area contributed by atoms with Gasteiger partial charge in [0.05, 0.1) is 22.8 Å². The van der Waals surface area contributed by atoms with Gasteiger partial charge in [-0.2, -0.15) is 0 Å². The standard InChI is InChI=1S/C25H23N3/c1-14-18-5-6-19(13-18)15(2)21-8-10-23(27-21)17(4)25-12-11-24(28-25)16(3)22-9-7-20(14)26-22/h5-12,26H,13H2,1-4H3. The van der Waals surface area contributed by atoms with Crippen molar-refractivity contribution in [2.24, 2.45) is 9.98 Å². The van der Waals surface area contributed by atoms with Crippen molar-refractivity contribution >= 4 is 22.6 Å². The number of nitrogens with zero attached hydrogens (tertiary/aromatic N) is 2. The Hall–Kier alpha value is -3.20. The zero-order chi connectivity index (χ0) is 19.4. The van der Waals surface area contributed by atoms with Crippen LogP contribution in [-0.4, -0.2) is 16.4 Å². The van der Waals surface area contributed by atoms with Gasteiger partial charge in [0.2, 0.25) is 0 Å². The van der Waals surface area contributed by atoms with Gasteiger partial charge in [0, 0.05) is 17.0 Å². The second kappa shape index (κ2) is 6.16. The molecular formula is C25H23N3. The zero-order valence-corrected chi connectivity index (χ0v) is 16.7. The molecule has 1 aromatic heterocycles. The summed E-state index contributed by atoms with van der Waals surface area (Å²) in [6.07, 6.45) is 13.9. The van der Waals surface area contributed by atoms with Crippen molar-refractivity contribution in [3.63, 3.8) is 0 Å². The Labute approximate surface area is 165 Å². The Bertz CT molecular complexity index is 1190. The van der Waals surface area contributed by atoms with Crippen molar-refractivity contribution in [3.8, 4) is 0 Å². The van der Waals surface area contributed by atoms with Crippen molar-refractivity contribution in [2.75, 3.05) is 0 Å². The number of fused-ring (bicyclic) bond motifs is 6. The van der Waals surface area contributed by atoms with Crippen LogP contribution in [-0.2, 0) is 0 Å². The first-order valence-electron chi connectivity index (χ1n) is 9.74. The first-order valence-corrected chi connectivity index (χ1v) is 9.74. The molecule has 4 aliphatic rings. The highest BCUT2D eigenvalue weighted by Crippen LogP contribution is 2.34. The largest absolute Gasteiger partial charge is 0.355 e. The minimum Gasteiger partial charge on any atom is -0.355 e. The summed E-state index contributed by atoms with van der Waals surface area (Å²) in [6.45, 7) is 8.60. The maximum Gasteiger partial charge on any atom is 0.0688 e. The second-order valence-electron chi connectivity index (χ2n) is 7.78. The monoisotopic (exact) mass is 365 g/mol. The van der Waals surface area contributed by atoms with E-state index in [9.17, 15) is 0 Å². The van der Waals surface area contributed by atoms with E-state index >= 15 is 0 Å². The Kier molecular flexibility index (Phi) is 3.73. The summed E-state index contributed by atoms with van der Waals surface area (Å²) in [7, 11) is 0. The fourth-order valence-electron chi connectivity index (χ4n) is 4.04. The van der Waals surface area contributed by atoms with Crippen LogP contribution in [0.25, 0.3) is 11.1 Å². The van der Waals surface area contributed by atoms with Crippen LogP contribution in [0.4, 0.5) is 0 Å². The Balaban J connectivity index is 1.75. The molecule has 28 heavy (non-hydrogen) atoms. The summed E-state index contributed by atoms with van der Waals surface area (Å²) in [5, 5.41) is 0. The molecule has 0 atom stereocenters. The van der Waals surface area contributed by atoms with Gasteiger partial charge in [0.15, 0.2) is 0 Å². The Morgan fingerprint density at radius 1 is 0.607 bits per heavy atom. The Morgan fingerprint density at radius 3 is 1.82 bits per heavy atom. The van der Waals surface area contributed by atoms with Crippen LogP contribution >= 0.6 is 0 Å². The van der Waals surface area contributed by atoms with Crippen molar-refractivity contribution in [1.29, 1.82) is 0 Å². The normalized spacial score (nSPS) is 20.9. The molecule has 0 amide bonds. The van der Waals surface area contributed by atoms with E-state index in [-0.39, 0.29) is 0 Å². The molecule has 0 aromatic carbocycles. The number of aromatic amines is 1. The molecule has 1 aromatic rings. The third-order valence-electron chi connectivity index (χ3n) is 6.14. The molecular weight excluding hydrogens is 342 g/mol. The molecule has 3 nitrogen and oxygen atoms in total. The maximum absolute atomic E-state index is 4.90. The predicted molar refractivity (Wildman–Crippen MR) is 118 cm³/mol. The van der Waals surface area contributed by atoms with Gasteiger partial charge in [-0.25, -0.2) is 9.98 Å². The summed E-state index contributed by atoms with van der Waals surface area (Å²) < 4.78 is 0.